The van der Waals surface area contributed by atoms with Gasteiger partial charge >= 0.3 is 0 Å². The average molecular weight is 507 g/mol. The molecule has 0 bridgehead atoms. The number of phenolic OH excluding ortho intramolecular Hbond substituents is 1. The van der Waals surface area contributed by atoms with Gasteiger partial charge in [0.2, 0.25) is 0 Å². The Morgan fingerprint density at radius 3 is 2.32 bits per heavy atom. The molecule has 7 nitrogen and oxygen atoms in total. The highest BCUT2D eigenvalue weighted by atomic mass is 16.5. The second-order valence-electron chi connectivity index (χ2n) is 9.18. The number of likely N-dealkylation sites (tertiary alicyclic amines) is 1. The quantitative estimate of drug-likeness (QED) is 0.201. The number of aryl methyl sites for hydroxylation is 1. The fraction of sp³-hybridized carbons (Fsp3) is 0.129. The molecule has 1 aliphatic rings. The number of aliphatic hydroxyl groups excluding tert-OH is 1. The first-order valence-corrected chi connectivity index (χ1v) is 12.2. The molecule has 3 aromatic carbocycles. The second kappa shape index (κ2) is 10.6. The van der Waals surface area contributed by atoms with Crippen molar-refractivity contribution in [2.75, 3.05) is 0 Å². The predicted octanol–water partition coefficient (Wildman–Crippen LogP) is 5.30. The van der Waals surface area contributed by atoms with E-state index in [-0.39, 0.29) is 23.6 Å². The number of rotatable bonds is 7. The van der Waals surface area contributed by atoms with Crippen molar-refractivity contribution in [2.24, 2.45) is 0 Å². The number of benzene rings is 3. The number of aliphatic hydroxyl groups is 1. The number of aromatic nitrogens is 1. The van der Waals surface area contributed by atoms with Crippen molar-refractivity contribution in [3.05, 3.63) is 131 Å². The van der Waals surface area contributed by atoms with Gasteiger partial charge in [0.05, 0.1) is 11.6 Å². The van der Waals surface area contributed by atoms with Gasteiger partial charge in [0.25, 0.3) is 11.7 Å². The summed E-state index contributed by atoms with van der Waals surface area (Å²) in [6.07, 6.45) is 3.23. The van der Waals surface area contributed by atoms with E-state index in [1.165, 1.54) is 17.0 Å². The third-order valence-electron chi connectivity index (χ3n) is 6.47. The number of aromatic hydroxyl groups is 1. The number of carbonyl (C=O) groups is 2. The fourth-order valence-corrected chi connectivity index (χ4v) is 4.56. The van der Waals surface area contributed by atoms with E-state index in [2.05, 4.69) is 11.1 Å². The maximum absolute atomic E-state index is 13.2. The number of hydrogen-bond donors (Lipinski definition) is 2. The zero-order valence-corrected chi connectivity index (χ0v) is 20.7. The van der Waals surface area contributed by atoms with Crippen molar-refractivity contribution >= 4 is 17.4 Å². The molecule has 1 fully saturated rings. The first-order chi connectivity index (χ1) is 18.4. The van der Waals surface area contributed by atoms with E-state index >= 15 is 0 Å². The number of ether oxygens (including phenoxy) is 1. The summed E-state index contributed by atoms with van der Waals surface area (Å²) in [6.45, 7) is 2.57. The SMILES string of the molecule is Cc1cccc(COc2ccc(/C(O)=C3\C(=O)C(=O)N(Cc4ccncc4)C3c3ccc(O)cc3)cc2)c1. The molecule has 1 saturated heterocycles. The van der Waals surface area contributed by atoms with Gasteiger partial charge in [0.1, 0.15) is 23.9 Å². The maximum Gasteiger partial charge on any atom is 0.295 e. The van der Waals surface area contributed by atoms with Crippen molar-refractivity contribution in [3.63, 3.8) is 0 Å². The van der Waals surface area contributed by atoms with E-state index in [0.717, 1.165) is 16.7 Å². The van der Waals surface area contributed by atoms with Gasteiger partial charge in [0.15, 0.2) is 0 Å². The summed E-state index contributed by atoms with van der Waals surface area (Å²) >= 11 is 0. The highest BCUT2D eigenvalue weighted by molar-refractivity contribution is 6.46. The number of Topliss-reactive ketones (excluding diaryl/α,β-unsaturated/α-hetero) is 1. The van der Waals surface area contributed by atoms with Gasteiger partial charge in [0, 0.05) is 24.5 Å². The third kappa shape index (κ3) is 5.13. The van der Waals surface area contributed by atoms with E-state index in [0.29, 0.717) is 23.5 Å². The molecule has 38 heavy (non-hydrogen) atoms. The minimum atomic E-state index is -0.832. The van der Waals surface area contributed by atoms with Crippen LogP contribution in [0.15, 0.2) is 103 Å². The van der Waals surface area contributed by atoms with E-state index in [9.17, 15) is 19.8 Å². The Morgan fingerprint density at radius 2 is 1.63 bits per heavy atom. The summed E-state index contributed by atoms with van der Waals surface area (Å²) in [5, 5.41) is 21.1. The first-order valence-electron chi connectivity index (χ1n) is 12.2. The van der Waals surface area contributed by atoms with Gasteiger partial charge in [-0.15, -0.1) is 0 Å². The lowest BCUT2D eigenvalue weighted by Crippen LogP contribution is -2.29. The molecule has 7 heteroatoms. The zero-order valence-electron chi connectivity index (χ0n) is 20.7. The minimum Gasteiger partial charge on any atom is -0.508 e. The van der Waals surface area contributed by atoms with Crippen LogP contribution in [0, 0.1) is 6.92 Å². The van der Waals surface area contributed by atoms with Gasteiger partial charge in [-0.05, 0) is 72.1 Å². The highest BCUT2D eigenvalue weighted by Gasteiger charge is 2.46. The first kappa shape index (κ1) is 24.8. The summed E-state index contributed by atoms with van der Waals surface area (Å²) in [5.41, 5.74) is 3.95. The van der Waals surface area contributed by atoms with Crippen molar-refractivity contribution in [1.82, 2.24) is 9.88 Å². The van der Waals surface area contributed by atoms with Crippen LogP contribution in [0.1, 0.15) is 33.9 Å². The molecular weight excluding hydrogens is 480 g/mol. The van der Waals surface area contributed by atoms with E-state index in [1.54, 1.807) is 60.9 Å². The molecule has 1 amide bonds. The van der Waals surface area contributed by atoms with Crippen LogP contribution >= 0.6 is 0 Å². The van der Waals surface area contributed by atoms with Crippen LogP contribution in [0.4, 0.5) is 0 Å². The standard InChI is InChI=1S/C31H26N2O5/c1-20-3-2-4-22(17-20)19-38-26-11-7-24(8-12-26)29(35)27-28(23-5-9-25(34)10-6-23)33(31(37)30(27)36)18-21-13-15-32-16-14-21/h2-17,28,34-35H,18-19H2,1H3/b29-27+. The third-order valence-corrected chi connectivity index (χ3v) is 6.47. The molecule has 4 aromatic rings. The zero-order chi connectivity index (χ0) is 26.6. The summed E-state index contributed by atoms with van der Waals surface area (Å²) in [4.78, 5) is 31.8. The Kier molecular flexibility index (Phi) is 6.91. The lowest BCUT2D eigenvalue weighted by molar-refractivity contribution is -0.140. The molecule has 0 aliphatic carbocycles. The van der Waals surface area contributed by atoms with E-state index < -0.39 is 17.7 Å². The summed E-state index contributed by atoms with van der Waals surface area (Å²) < 4.78 is 5.87. The topological polar surface area (TPSA) is 100.0 Å². The van der Waals surface area contributed by atoms with E-state index in [1.807, 2.05) is 25.1 Å². The Labute approximate surface area is 220 Å². The van der Waals surface area contributed by atoms with Crippen molar-refractivity contribution in [2.45, 2.75) is 26.1 Å². The summed E-state index contributed by atoms with van der Waals surface area (Å²) in [7, 11) is 0. The lowest BCUT2D eigenvalue weighted by Gasteiger charge is -2.25. The Bertz CT molecular complexity index is 1500. The highest BCUT2D eigenvalue weighted by Crippen LogP contribution is 2.40. The molecule has 190 valence electrons. The molecule has 0 spiro atoms. The molecule has 0 radical (unpaired) electrons. The Morgan fingerprint density at radius 1 is 0.921 bits per heavy atom. The molecule has 2 heterocycles. The van der Waals surface area contributed by atoms with Crippen molar-refractivity contribution in [1.29, 1.82) is 0 Å². The monoisotopic (exact) mass is 506 g/mol. The minimum absolute atomic E-state index is 0.0109. The maximum atomic E-state index is 13.2. The van der Waals surface area contributed by atoms with Crippen LogP contribution < -0.4 is 4.74 Å². The molecule has 5 rings (SSSR count). The van der Waals surface area contributed by atoms with Crippen LogP contribution in [0.3, 0.4) is 0 Å². The molecule has 0 saturated carbocycles. The second-order valence-corrected chi connectivity index (χ2v) is 9.18. The number of phenols is 1. The number of amides is 1. The molecule has 1 aliphatic heterocycles. The number of hydrogen-bond acceptors (Lipinski definition) is 6. The van der Waals surface area contributed by atoms with E-state index in [4.69, 9.17) is 4.74 Å². The number of ketones is 1. The van der Waals surface area contributed by atoms with Crippen LogP contribution in [0.25, 0.3) is 5.76 Å². The predicted molar refractivity (Wildman–Crippen MR) is 142 cm³/mol. The van der Waals surface area contributed by atoms with Gasteiger partial charge in [-0.25, -0.2) is 0 Å². The van der Waals surface area contributed by atoms with Gasteiger partial charge in [-0.2, -0.15) is 0 Å². The fourth-order valence-electron chi connectivity index (χ4n) is 4.56. The molecule has 1 atom stereocenters. The van der Waals surface area contributed by atoms with Crippen LogP contribution in [0.2, 0.25) is 0 Å². The van der Waals surface area contributed by atoms with Crippen LogP contribution in [-0.2, 0) is 22.7 Å². The largest absolute Gasteiger partial charge is 0.508 e. The Hall–Kier alpha value is -4.91. The Balaban J connectivity index is 1.47. The molecule has 1 unspecified atom stereocenters. The number of pyridine rings is 1. The normalized spacial score (nSPS) is 16.6. The molecule has 2 N–H and O–H groups in total. The molecule has 1 aromatic heterocycles. The lowest BCUT2D eigenvalue weighted by atomic mass is 9.95. The smallest absolute Gasteiger partial charge is 0.295 e. The summed E-state index contributed by atoms with van der Waals surface area (Å²) in [5.74, 6) is -1.09. The average Bonchev–Trinajstić information content (AvgIpc) is 3.18. The van der Waals surface area contributed by atoms with Crippen LogP contribution in [0.5, 0.6) is 11.5 Å². The molecular formula is C31H26N2O5. The number of nitrogens with zero attached hydrogens (tertiary/aromatic N) is 2. The van der Waals surface area contributed by atoms with Crippen LogP contribution in [-0.4, -0.2) is 31.8 Å². The van der Waals surface area contributed by atoms with Gasteiger partial charge < -0.3 is 19.8 Å². The van der Waals surface area contributed by atoms with Crippen molar-refractivity contribution in [3.8, 4) is 11.5 Å². The number of carbonyl (C=O) groups excluding carboxylic acids is 2. The van der Waals surface area contributed by atoms with Gasteiger partial charge in [-0.3, -0.25) is 14.6 Å². The van der Waals surface area contributed by atoms with Crippen molar-refractivity contribution < 1.29 is 24.5 Å². The van der Waals surface area contributed by atoms with Gasteiger partial charge in [-0.1, -0.05) is 42.0 Å². The summed E-state index contributed by atoms with van der Waals surface area (Å²) in [6, 6.07) is 23.7.